The number of nitrogens with one attached hydrogen (secondary N) is 2. The average Bonchev–Trinajstić information content (AvgIpc) is 3.13. The van der Waals surface area contributed by atoms with Gasteiger partial charge in [0.05, 0.1) is 13.1 Å². The summed E-state index contributed by atoms with van der Waals surface area (Å²) < 4.78 is 0. The molecule has 0 spiro atoms. The highest BCUT2D eigenvalue weighted by atomic mass is 32.1. The summed E-state index contributed by atoms with van der Waals surface area (Å²) in [5, 5.41) is 7.78. The van der Waals surface area contributed by atoms with Crippen molar-refractivity contribution in [2.24, 2.45) is 0 Å². The van der Waals surface area contributed by atoms with Crippen LogP contribution in [0.5, 0.6) is 0 Å². The summed E-state index contributed by atoms with van der Waals surface area (Å²) in [6, 6.07) is 4.17. The van der Waals surface area contributed by atoms with Crippen molar-refractivity contribution in [2.75, 3.05) is 13.1 Å². The van der Waals surface area contributed by atoms with Crippen molar-refractivity contribution in [1.29, 1.82) is 0 Å². The van der Waals surface area contributed by atoms with Gasteiger partial charge < -0.3 is 10.2 Å². The quantitative estimate of drug-likeness (QED) is 0.835. The summed E-state index contributed by atoms with van der Waals surface area (Å²) >= 11 is 1.68. The van der Waals surface area contributed by atoms with Crippen LogP contribution < -0.4 is 10.6 Å². The van der Waals surface area contributed by atoms with Crippen molar-refractivity contribution < 1.29 is 9.59 Å². The number of rotatable bonds is 4. The van der Waals surface area contributed by atoms with Crippen LogP contribution in [0.2, 0.25) is 0 Å². The molecule has 1 unspecified atom stereocenters. The number of thiophene rings is 1. The monoisotopic (exact) mass is 279 g/mol. The summed E-state index contributed by atoms with van der Waals surface area (Å²) in [4.78, 5) is 26.8. The molecular weight excluding hydrogens is 262 g/mol. The maximum Gasteiger partial charge on any atom is 0.242 e. The molecule has 5 nitrogen and oxygen atoms in total. The van der Waals surface area contributed by atoms with Crippen LogP contribution >= 0.6 is 11.3 Å². The maximum atomic E-state index is 12.5. The largest absolute Gasteiger partial charge is 0.353 e. The van der Waals surface area contributed by atoms with E-state index in [2.05, 4.69) is 16.7 Å². The lowest BCUT2D eigenvalue weighted by Crippen LogP contribution is -2.58. The fourth-order valence-corrected chi connectivity index (χ4v) is 2.99. The van der Waals surface area contributed by atoms with Gasteiger partial charge in [0.1, 0.15) is 6.04 Å². The molecule has 1 aromatic heterocycles. The molecule has 1 aromatic rings. The van der Waals surface area contributed by atoms with Gasteiger partial charge in [-0.05, 0) is 24.3 Å². The van der Waals surface area contributed by atoms with Gasteiger partial charge in [-0.15, -0.1) is 11.3 Å². The molecule has 2 fully saturated rings. The molecule has 0 aromatic carbocycles. The third-order valence-corrected chi connectivity index (χ3v) is 4.35. The third kappa shape index (κ3) is 2.96. The Hall–Kier alpha value is -1.40. The van der Waals surface area contributed by atoms with Crippen molar-refractivity contribution in [2.45, 2.75) is 31.5 Å². The zero-order valence-electron chi connectivity index (χ0n) is 10.6. The van der Waals surface area contributed by atoms with Crippen LogP contribution in [0.1, 0.15) is 17.7 Å². The van der Waals surface area contributed by atoms with E-state index in [0.29, 0.717) is 19.1 Å². The molecule has 2 N–H and O–H groups in total. The molecule has 1 saturated heterocycles. The van der Waals surface area contributed by atoms with Crippen LogP contribution in [0.3, 0.4) is 0 Å². The van der Waals surface area contributed by atoms with Crippen molar-refractivity contribution in [3.63, 3.8) is 0 Å². The first-order valence-corrected chi connectivity index (χ1v) is 7.45. The number of carbonyl (C=O) groups excluding carboxylic acids is 2. The number of hydrogen-bond acceptors (Lipinski definition) is 4. The fourth-order valence-electron chi connectivity index (χ4n) is 2.28. The standard InChI is InChI=1S/C13H17N3O2S/c17-12-7-14-11(6-15-12)13(18)16(9-3-4-9)8-10-2-1-5-19-10/h1-2,5,9,11,14H,3-4,6-8H2,(H,15,17). The molecule has 102 valence electrons. The Morgan fingerprint density at radius 3 is 2.89 bits per heavy atom. The molecule has 1 atom stereocenters. The predicted octanol–water partition coefficient (Wildman–Crippen LogP) is 0.327. The van der Waals surface area contributed by atoms with Crippen LogP contribution in [-0.4, -0.2) is 41.9 Å². The lowest BCUT2D eigenvalue weighted by molar-refractivity contribution is -0.136. The van der Waals surface area contributed by atoms with Gasteiger partial charge in [0.15, 0.2) is 0 Å². The minimum absolute atomic E-state index is 0.0414. The van der Waals surface area contributed by atoms with Crippen LogP contribution in [0.4, 0.5) is 0 Å². The SMILES string of the molecule is O=C1CNC(C(=O)N(Cc2cccs2)C2CC2)CN1. The van der Waals surface area contributed by atoms with E-state index >= 15 is 0 Å². The van der Waals surface area contributed by atoms with Crippen molar-refractivity contribution in [1.82, 2.24) is 15.5 Å². The van der Waals surface area contributed by atoms with E-state index in [-0.39, 0.29) is 24.4 Å². The topological polar surface area (TPSA) is 61.4 Å². The Morgan fingerprint density at radius 2 is 2.32 bits per heavy atom. The number of carbonyl (C=O) groups is 2. The maximum absolute atomic E-state index is 12.5. The first-order chi connectivity index (χ1) is 9.24. The van der Waals surface area contributed by atoms with Gasteiger partial charge in [0.25, 0.3) is 0 Å². The highest BCUT2D eigenvalue weighted by molar-refractivity contribution is 7.09. The van der Waals surface area contributed by atoms with Crippen molar-refractivity contribution in [3.8, 4) is 0 Å². The molecule has 6 heteroatoms. The molecule has 0 radical (unpaired) electrons. The van der Waals surface area contributed by atoms with E-state index in [1.165, 1.54) is 4.88 Å². The summed E-state index contributed by atoms with van der Waals surface area (Å²) in [5.41, 5.74) is 0. The summed E-state index contributed by atoms with van der Waals surface area (Å²) in [7, 11) is 0. The van der Waals surface area contributed by atoms with E-state index < -0.39 is 0 Å². The normalized spacial score (nSPS) is 22.9. The second-order valence-electron chi connectivity index (χ2n) is 5.01. The van der Waals surface area contributed by atoms with Gasteiger partial charge in [0.2, 0.25) is 11.8 Å². The van der Waals surface area contributed by atoms with E-state index in [0.717, 1.165) is 12.8 Å². The van der Waals surface area contributed by atoms with E-state index in [1.54, 1.807) is 11.3 Å². The average molecular weight is 279 g/mol. The Labute approximate surface area is 116 Å². The highest BCUT2D eigenvalue weighted by Gasteiger charge is 2.36. The zero-order chi connectivity index (χ0) is 13.2. The van der Waals surface area contributed by atoms with Gasteiger partial charge in [-0.25, -0.2) is 0 Å². The van der Waals surface area contributed by atoms with Crippen molar-refractivity contribution >= 4 is 23.2 Å². The minimum atomic E-state index is -0.279. The lowest BCUT2D eigenvalue weighted by Gasteiger charge is -2.30. The second-order valence-corrected chi connectivity index (χ2v) is 6.05. The lowest BCUT2D eigenvalue weighted by atomic mass is 10.2. The number of hydrogen-bond donors (Lipinski definition) is 2. The Kier molecular flexibility index (Phi) is 3.52. The van der Waals surface area contributed by atoms with Gasteiger partial charge in [-0.3, -0.25) is 14.9 Å². The molecule has 1 aliphatic carbocycles. The molecule has 0 bridgehead atoms. The molecule has 1 saturated carbocycles. The fraction of sp³-hybridized carbons (Fsp3) is 0.538. The van der Waals surface area contributed by atoms with Gasteiger partial charge in [-0.2, -0.15) is 0 Å². The van der Waals surface area contributed by atoms with E-state index in [9.17, 15) is 9.59 Å². The van der Waals surface area contributed by atoms with Crippen LogP contribution in [-0.2, 0) is 16.1 Å². The van der Waals surface area contributed by atoms with E-state index in [4.69, 9.17) is 0 Å². The molecule has 1 aliphatic heterocycles. The predicted molar refractivity (Wildman–Crippen MR) is 72.7 cm³/mol. The van der Waals surface area contributed by atoms with Crippen LogP contribution in [0, 0.1) is 0 Å². The van der Waals surface area contributed by atoms with Crippen LogP contribution in [0.25, 0.3) is 0 Å². The van der Waals surface area contributed by atoms with E-state index in [1.807, 2.05) is 16.3 Å². The molecule has 2 heterocycles. The zero-order valence-corrected chi connectivity index (χ0v) is 11.4. The number of piperazine rings is 1. The third-order valence-electron chi connectivity index (χ3n) is 3.49. The first kappa shape index (κ1) is 12.6. The van der Waals surface area contributed by atoms with Crippen LogP contribution in [0.15, 0.2) is 17.5 Å². The number of amides is 2. The first-order valence-electron chi connectivity index (χ1n) is 6.57. The Morgan fingerprint density at radius 1 is 1.47 bits per heavy atom. The smallest absolute Gasteiger partial charge is 0.242 e. The highest BCUT2D eigenvalue weighted by Crippen LogP contribution is 2.29. The summed E-state index contributed by atoms with van der Waals surface area (Å²) in [6.07, 6.45) is 2.19. The van der Waals surface area contributed by atoms with Crippen molar-refractivity contribution in [3.05, 3.63) is 22.4 Å². The summed E-state index contributed by atoms with van der Waals surface area (Å²) in [5.74, 6) is 0.0659. The van der Waals surface area contributed by atoms with Gasteiger partial charge in [-0.1, -0.05) is 6.07 Å². The second kappa shape index (κ2) is 5.30. The molecule has 2 amide bonds. The molecule has 3 rings (SSSR count). The molecular formula is C13H17N3O2S. The number of nitrogens with zero attached hydrogens (tertiary/aromatic N) is 1. The molecule has 19 heavy (non-hydrogen) atoms. The minimum Gasteiger partial charge on any atom is -0.353 e. The Bertz CT molecular complexity index is 460. The van der Waals surface area contributed by atoms with Gasteiger partial charge >= 0.3 is 0 Å². The summed E-state index contributed by atoms with van der Waals surface area (Å²) in [6.45, 7) is 1.31. The molecule has 2 aliphatic rings. The van der Waals surface area contributed by atoms with Gasteiger partial charge in [0, 0.05) is 17.5 Å². The Balaban J connectivity index is 1.66.